The van der Waals surface area contributed by atoms with Crippen LogP contribution in [0.3, 0.4) is 0 Å². The second-order valence-corrected chi connectivity index (χ2v) is 18.7. The fourth-order valence-electron chi connectivity index (χ4n) is 5.56. The monoisotopic (exact) mass is 673 g/mol. The van der Waals surface area contributed by atoms with Crippen LogP contribution in [0, 0.1) is 11.3 Å². The summed E-state index contributed by atoms with van der Waals surface area (Å²) in [5.41, 5.74) is 17.7. The number of nitriles is 1. The molecular formula is C37H43N9O2Si. The summed E-state index contributed by atoms with van der Waals surface area (Å²) in [7, 11) is -1.19. The number of anilines is 1. The van der Waals surface area contributed by atoms with Crippen molar-refractivity contribution in [1.29, 1.82) is 5.26 Å². The van der Waals surface area contributed by atoms with Crippen LogP contribution in [0.5, 0.6) is 0 Å². The molecule has 252 valence electrons. The molecule has 11 nitrogen and oxygen atoms in total. The summed E-state index contributed by atoms with van der Waals surface area (Å²) in [5.74, 6) is -0.554. The summed E-state index contributed by atoms with van der Waals surface area (Å²) < 4.78 is 11.4. The molecular weight excluding hydrogens is 631 g/mol. The van der Waals surface area contributed by atoms with Crippen molar-refractivity contribution >= 4 is 30.6 Å². The molecule has 0 saturated heterocycles. The number of nitrogens with zero attached hydrogens (tertiary/aromatic N) is 7. The molecule has 4 N–H and O–H groups in total. The van der Waals surface area contributed by atoms with Gasteiger partial charge >= 0.3 is 0 Å². The van der Waals surface area contributed by atoms with Crippen molar-refractivity contribution in [2.45, 2.75) is 58.3 Å². The Hall–Kier alpha value is -5.51. The summed E-state index contributed by atoms with van der Waals surface area (Å²) in [6.45, 7) is 10.7. The van der Waals surface area contributed by atoms with E-state index in [1.807, 2.05) is 71.7 Å². The van der Waals surface area contributed by atoms with Gasteiger partial charge in [-0.05, 0) is 47.4 Å². The number of carbonyl (C=O) groups is 1. The molecule has 0 spiro atoms. The number of primary amides is 1. The van der Waals surface area contributed by atoms with Crippen LogP contribution < -0.4 is 11.5 Å². The number of ether oxygens (including phenoxy) is 1. The Morgan fingerprint density at radius 1 is 1.00 bits per heavy atom. The van der Waals surface area contributed by atoms with Gasteiger partial charge in [-0.2, -0.15) is 20.6 Å². The van der Waals surface area contributed by atoms with Gasteiger partial charge in [-0.25, -0.2) is 4.68 Å². The van der Waals surface area contributed by atoms with Gasteiger partial charge in [0, 0.05) is 38.0 Å². The molecule has 1 atom stereocenters. The van der Waals surface area contributed by atoms with Gasteiger partial charge in [0.05, 0.1) is 47.8 Å². The van der Waals surface area contributed by atoms with Crippen LogP contribution in [0.2, 0.25) is 25.7 Å². The molecule has 0 aliphatic rings. The Kier molecular flexibility index (Phi) is 11.1. The van der Waals surface area contributed by atoms with E-state index >= 15 is 0 Å². The number of carbonyl (C=O) groups excluding carboxylic acids is 1. The zero-order chi connectivity index (χ0) is 35.0. The van der Waals surface area contributed by atoms with Crippen LogP contribution in [-0.4, -0.2) is 49.9 Å². The van der Waals surface area contributed by atoms with Crippen molar-refractivity contribution in [1.82, 2.24) is 29.3 Å². The number of hydrogen-bond donors (Lipinski definition) is 2. The van der Waals surface area contributed by atoms with Crippen LogP contribution in [0.4, 0.5) is 5.69 Å². The van der Waals surface area contributed by atoms with Gasteiger partial charge in [-0.3, -0.25) is 14.2 Å². The van der Waals surface area contributed by atoms with Gasteiger partial charge in [0.1, 0.15) is 6.73 Å². The molecule has 0 fully saturated rings. The lowest BCUT2D eigenvalue weighted by Crippen LogP contribution is -2.22. The first-order chi connectivity index (χ1) is 23.6. The van der Waals surface area contributed by atoms with E-state index in [9.17, 15) is 4.79 Å². The zero-order valence-corrected chi connectivity index (χ0v) is 29.5. The van der Waals surface area contributed by atoms with Gasteiger partial charge in [-0.15, -0.1) is 0 Å². The number of nitrogen functional groups attached to an aromatic ring is 1. The molecule has 3 aromatic carbocycles. The Bertz CT molecular complexity index is 2050. The van der Waals surface area contributed by atoms with Crippen molar-refractivity contribution in [2.24, 2.45) is 5.73 Å². The molecule has 6 rings (SSSR count). The second-order valence-electron chi connectivity index (χ2n) is 13.1. The minimum Gasteiger partial charge on any atom is -0.396 e. The molecule has 0 bridgehead atoms. The number of rotatable bonds is 12. The van der Waals surface area contributed by atoms with Gasteiger partial charge in [0.15, 0.2) is 5.69 Å². The van der Waals surface area contributed by atoms with E-state index in [2.05, 4.69) is 60.1 Å². The lowest BCUT2D eigenvalue weighted by atomic mass is 10.0. The minimum atomic E-state index is -1.19. The van der Waals surface area contributed by atoms with E-state index in [-0.39, 0.29) is 18.5 Å². The summed E-state index contributed by atoms with van der Waals surface area (Å²) in [5, 5.41) is 22.7. The summed E-state index contributed by atoms with van der Waals surface area (Å²) >= 11 is 0. The molecule has 0 aliphatic heterocycles. The zero-order valence-electron chi connectivity index (χ0n) is 28.5. The SMILES string of the molecule is CCC(c1ccccc1)n1cc(-c2cccc3c2c(C(N)=O)nn3COCC[Si](C)(C)C)cn1.N#Cc1cccc(Cn2cc(N)cn2)c1. The van der Waals surface area contributed by atoms with Crippen LogP contribution >= 0.6 is 0 Å². The van der Waals surface area contributed by atoms with E-state index in [4.69, 9.17) is 21.5 Å². The number of amides is 1. The van der Waals surface area contributed by atoms with Crippen molar-refractivity contribution in [2.75, 3.05) is 12.3 Å². The normalized spacial score (nSPS) is 11.9. The van der Waals surface area contributed by atoms with Gasteiger partial charge < -0.3 is 16.2 Å². The van der Waals surface area contributed by atoms with Crippen molar-refractivity contribution < 1.29 is 9.53 Å². The fraction of sp³-hybridized carbons (Fsp3) is 0.270. The Labute approximate surface area is 287 Å². The highest BCUT2D eigenvalue weighted by atomic mass is 28.3. The maximum Gasteiger partial charge on any atom is 0.269 e. The van der Waals surface area contributed by atoms with E-state index < -0.39 is 14.0 Å². The molecule has 49 heavy (non-hydrogen) atoms. The van der Waals surface area contributed by atoms with Crippen LogP contribution in [0.1, 0.15) is 46.6 Å². The number of nitrogens with two attached hydrogens (primary N) is 2. The second kappa shape index (κ2) is 15.6. The predicted octanol–water partition coefficient (Wildman–Crippen LogP) is 6.70. The maximum absolute atomic E-state index is 12.3. The molecule has 6 aromatic rings. The third kappa shape index (κ3) is 8.89. The first kappa shape index (κ1) is 34.8. The van der Waals surface area contributed by atoms with Gasteiger partial charge in [-0.1, -0.05) is 81.2 Å². The Morgan fingerprint density at radius 3 is 2.45 bits per heavy atom. The first-order valence-corrected chi connectivity index (χ1v) is 20.0. The van der Waals surface area contributed by atoms with E-state index in [0.29, 0.717) is 24.4 Å². The van der Waals surface area contributed by atoms with Gasteiger partial charge in [0.25, 0.3) is 5.91 Å². The molecule has 0 aliphatic carbocycles. The highest BCUT2D eigenvalue weighted by Gasteiger charge is 2.21. The average Bonchev–Trinajstić information content (AvgIpc) is 3.83. The molecule has 0 saturated carbocycles. The number of aromatic nitrogens is 6. The summed E-state index contributed by atoms with van der Waals surface area (Å²) in [6, 6.07) is 27.0. The molecule has 12 heteroatoms. The van der Waals surface area contributed by atoms with E-state index in [1.165, 1.54) is 5.56 Å². The molecule has 0 radical (unpaired) electrons. The van der Waals surface area contributed by atoms with E-state index in [0.717, 1.165) is 40.1 Å². The smallest absolute Gasteiger partial charge is 0.269 e. The van der Waals surface area contributed by atoms with Crippen LogP contribution in [0.25, 0.3) is 22.0 Å². The molecule has 1 unspecified atom stereocenters. The fourth-order valence-corrected chi connectivity index (χ4v) is 6.32. The van der Waals surface area contributed by atoms with E-state index in [1.54, 1.807) is 27.8 Å². The summed E-state index contributed by atoms with van der Waals surface area (Å²) in [6.07, 6.45) is 8.15. The van der Waals surface area contributed by atoms with Crippen molar-refractivity contribution in [3.05, 3.63) is 120 Å². The Balaban J connectivity index is 0.000000259. The average molecular weight is 674 g/mol. The maximum atomic E-state index is 12.3. The predicted molar refractivity (Wildman–Crippen MR) is 195 cm³/mol. The third-order valence-corrected chi connectivity index (χ3v) is 9.78. The minimum absolute atomic E-state index is 0.132. The Morgan fingerprint density at radius 2 is 1.78 bits per heavy atom. The van der Waals surface area contributed by atoms with Gasteiger partial charge in [0.2, 0.25) is 0 Å². The number of fused-ring (bicyclic) bond motifs is 1. The number of benzene rings is 3. The molecule has 3 heterocycles. The topological polar surface area (TPSA) is 156 Å². The standard InChI is InChI=1S/C26H33N5O2Si.C11H10N4/c1-5-22(19-10-7-6-8-11-19)30-17-20(16-28-30)21-12-9-13-23-24(21)25(26(27)32)29-31(23)18-33-14-15-34(2,3)4;12-5-9-2-1-3-10(4-9)7-15-8-11(13)6-14-15/h6-13,16-17,22H,5,14-15,18H2,1-4H3,(H2,27,32);1-4,6,8H,7,13H2. The van der Waals surface area contributed by atoms with Crippen LogP contribution in [-0.2, 0) is 18.0 Å². The highest BCUT2D eigenvalue weighted by molar-refractivity contribution is 6.76. The first-order valence-electron chi connectivity index (χ1n) is 16.3. The van der Waals surface area contributed by atoms with Crippen molar-refractivity contribution in [3.63, 3.8) is 0 Å². The quantitative estimate of drug-likeness (QED) is 0.108. The third-order valence-electron chi connectivity index (χ3n) is 8.08. The lowest BCUT2D eigenvalue weighted by Gasteiger charge is -2.16. The van der Waals surface area contributed by atoms with Crippen molar-refractivity contribution in [3.8, 4) is 17.2 Å². The summed E-state index contributed by atoms with van der Waals surface area (Å²) in [4.78, 5) is 12.3. The molecule has 3 aromatic heterocycles. The van der Waals surface area contributed by atoms with Crippen LogP contribution in [0.15, 0.2) is 97.6 Å². The lowest BCUT2D eigenvalue weighted by molar-refractivity contribution is 0.0808. The number of hydrogen-bond acceptors (Lipinski definition) is 7. The highest BCUT2D eigenvalue weighted by Crippen LogP contribution is 2.32. The largest absolute Gasteiger partial charge is 0.396 e. The molecule has 1 amide bonds.